The first-order chi connectivity index (χ1) is 8.70. The first-order valence-corrected chi connectivity index (χ1v) is 7.38. The molecule has 100 valence electrons. The van der Waals surface area contributed by atoms with Crippen molar-refractivity contribution in [2.24, 2.45) is 5.73 Å². The van der Waals surface area contributed by atoms with Crippen LogP contribution in [-0.4, -0.2) is 24.0 Å². The number of halogens is 2. The maximum absolute atomic E-state index is 13.2. The highest BCUT2D eigenvalue weighted by atomic mass is 79.9. The van der Waals surface area contributed by atoms with Crippen LogP contribution in [0.25, 0.3) is 0 Å². The third kappa shape index (κ3) is 3.53. The van der Waals surface area contributed by atoms with Crippen LogP contribution in [0.3, 0.4) is 0 Å². The summed E-state index contributed by atoms with van der Waals surface area (Å²) in [4.78, 5) is 2.48. The van der Waals surface area contributed by atoms with Gasteiger partial charge in [0.2, 0.25) is 0 Å². The van der Waals surface area contributed by atoms with Gasteiger partial charge in [-0.3, -0.25) is 4.90 Å². The molecule has 1 aliphatic rings. The van der Waals surface area contributed by atoms with E-state index in [0.29, 0.717) is 10.5 Å². The van der Waals surface area contributed by atoms with Gasteiger partial charge in [-0.05, 0) is 66.0 Å². The Labute approximate surface area is 116 Å². The minimum atomic E-state index is -0.198. The van der Waals surface area contributed by atoms with E-state index < -0.39 is 0 Å². The molecule has 0 aliphatic carbocycles. The number of benzene rings is 1. The first kappa shape index (κ1) is 14.0. The van der Waals surface area contributed by atoms with Crippen molar-refractivity contribution in [3.05, 3.63) is 34.1 Å². The van der Waals surface area contributed by atoms with Gasteiger partial charge in [0, 0.05) is 12.6 Å². The predicted octanol–water partition coefficient (Wildman–Crippen LogP) is 3.29. The molecule has 0 bridgehead atoms. The lowest BCUT2D eigenvalue weighted by Gasteiger charge is -2.35. The number of nitrogens with two attached hydrogens (primary N) is 1. The molecule has 2 rings (SSSR count). The number of likely N-dealkylation sites (tertiary alicyclic amines) is 1. The van der Waals surface area contributed by atoms with Crippen LogP contribution in [0.5, 0.6) is 0 Å². The minimum absolute atomic E-state index is 0.198. The summed E-state index contributed by atoms with van der Waals surface area (Å²) in [6.45, 7) is 2.76. The van der Waals surface area contributed by atoms with E-state index in [9.17, 15) is 4.39 Å². The molecule has 0 saturated carbocycles. The van der Waals surface area contributed by atoms with Crippen LogP contribution in [0.15, 0.2) is 22.7 Å². The predicted molar refractivity (Wildman–Crippen MR) is 75.8 cm³/mol. The molecule has 1 atom stereocenters. The zero-order valence-corrected chi connectivity index (χ0v) is 12.1. The van der Waals surface area contributed by atoms with Gasteiger partial charge in [-0.15, -0.1) is 0 Å². The molecule has 1 heterocycles. The summed E-state index contributed by atoms with van der Waals surface area (Å²) < 4.78 is 13.7. The average Bonchev–Trinajstić information content (AvgIpc) is 2.37. The molecule has 1 aromatic carbocycles. The van der Waals surface area contributed by atoms with E-state index in [4.69, 9.17) is 5.73 Å². The van der Waals surface area contributed by atoms with Gasteiger partial charge in [-0.1, -0.05) is 12.5 Å². The Morgan fingerprint density at radius 1 is 1.39 bits per heavy atom. The lowest BCUT2D eigenvalue weighted by atomic mass is 9.98. The second-order valence-electron chi connectivity index (χ2n) is 4.95. The second kappa shape index (κ2) is 6.64. The smallest absolute Gasteiger partial charge is 0.137 e. The molecule has 18 heavy (non-hydrogen) atoms. The third-order valence-corrected chi connectivity index (χ3v) is 4.23. The third-order valence-electron chi connectivity index (χ3n) is 3.62. The van der Waals surface area contributed by atoms with Crippen molar-refractivity contribution in [2.75, 3.05) is 13.1 Å². The summed E-state index contributed by atoms with van der Waals surface area (Å²) >= 11 is 3.24. The van der Waals surface area contributed by atoms with Crippen LogP contribution < -0.4 is 5.73 Å². The molecule has 0 amide bonds. The van der Waals surface area contributed by atoms with E-state index in [1.165, 1.54) is 25.3 Å². The lowest BCUT2D eigenvalue weighted by molar-refractivity contribution is 0.134. The summed E-state index contributed by atoms with van der Waals surface area (Å²) in [6, 6.07) is 5.87. The van der Waals surface area contributed by atoms with Crippen molar-refractivity contribution in [2.45, 2.75) is 38.3 Å². The summed E-state index contributed by atoms with van der Waals surface area (Å²) in [6.07, 6.45) is 4.85. The topological polar surface area (TPSA) is 29.3 Å². The van der Waals surface area contributed by atoms with Crippen molar-refractivity contribution in [3.8, 4) is 0 Å². The molecular formula is C14H20BrFN2. The fraction of sp³-hybridized carbons (Fsp3) is 0.571. The molecule has 1 unspecified atom stereocenters. The van der Waals surface area contributed by atoms with E-state index in [1.54, 1.807) is 0 Å². The van der Waals surface area contributed by atoms with E-state index >= 15 is 0 Å². The number of hydrogen-bond donors (Lipinski definition) is 1. The van der Waals surface area contributed by atoms with Gasteiger partial charge in [0.05, 0.1) is 4.47 Å². The Bertz CT molecular complexity index is 395. The van der Waals surface area contributed by atoms with E-state index in [1.807, 2.05) is 12.1 Å². The first-order valence-electron chi connectivity index (χ1n) is 6.58. The van der Waals surface area contributed by atoms with Crippen LogP contribution in [0, 0.1) is 5.82 Å². The molecular weight excluding hydrogens is 295 g/mol. The van der Waals surface area contributed by atoms with E-state index in [2.05, 4.69) is 20.8 Å². The Kier molecular flexibility index (Phi) is 5.15. The number of nitrogens with zero attached hydrogens (tertiary/aromatic N) is 1. The molecule has 0 spiro atoms. The highest BCUT2D eigenvalue weighted by Crippen LogP contribution is 2.23. The number of hydrogen-bond acceptors (Lipinski definition) is 2. The zero-order chi connectivity index (χ0) is 13.0. The van der Waals surface area contributed by atoms with Crippen molar-refractivity contribution in [3.63, 3.8) is 0 Å². The standard InChI is InChI=1S/C14H20BrFN2/c15-13-9-11(4-5-14(13)16)10-18-8-2-1-3-12(18)6-7-17/h4-5,9,12H,1-3,6-8,10,17H2. The summed E-state index contributed by atoms with van der Waals surface area (Å²) in [5.41, 5.74) is 6.83. The van der Waals surface area contributed by atoms with Crippen molar-refractivity contribution in [1.29, 1.82) is 0 Å². The Morgan fingerprint density at radius 2 is 2.22 bits per heavy atom. The van der Waals surface area contributed by atoms with Gasteiger partial charge in [0.15, 0.2) is 0 Å². The highest BCUT2D eigenvalue weighted by molar-refractivity contribution is 9.10. The van der Waals surface area contributed by atoms with Gasteiger partial charge < -0.3 is 5.73 Å². The molecule has 1 aromatic rings. The van der Waals surface area contributed by atoms with Gasteiger partial charge in [-0.2, -0.15) is 0 Å². The van der Waals surface area contributed by atoms with Gasteiger partial charge in [-0.25, -0.2) is 4.39 Å². The van der Waals surface area contributed by atoms with Gasteiger partial charge >= 0.3 is 0 Å². The minimum Gasteiger partial charge on any atom is -0.330 e. The monoisotopic (exact) mass is 314 g/mol. The Balaban J connectivity index is 2.03. The second-order valence-corrected chi connectivity index (χ2v) is 5.80. The molecule has 0 radical (unpaired) electrons. The molecule has 4 heteroatoms. The quantitative estimate of drug-likeness (QED) is 0.924. The van der Waals surface area contributed by atoms with Gasteiger partial charge in [0.1, 0.15) is 5.82 Å². The van der Waals surface area contributed by atoms with Crippen LogP contribution in [0.4, 0.5) is 4.39 Å². The molecule has 2 nitrogen and oxygen atoms in total. The largest absolute Gasteiger partial charge is 0.330 e. The number of rotatable bonds is 4. The summed E-state index contributed by atoms with van der Waals surface area (Å²) in [5, 5.41) is 0. The molecule has 1 fully saturated rings. The van der Waals surface area contributed by atoms with Crippen molar-refractivity contribution >= 4 is 15.9 Å². The number of piperidine rings is 1. The normalized spacial score (nSPS) is 21.2. The van der Waals surface area contributed by atoms with Gasteiger partial charge in [0.25, 0.3) is 0 Å². The van der Waals surface area contributed by atoms with E-state index in [-0.39, 0.29) is 5.82 Å². The van der Waals surface area contributed by atoms with Crippen LogP contribution in [-0.2, 0) is 6.54 Å². The van der Waals surface area contributed by atoms with Crippen LogP contribution in [0.2, 0.25) is 0 Å². The molecule has 1 saturated heterocycles. The fourth-order valence-corrected chi connectivity index (χ4v) is 3.09. The fourth-order valence-electron chi connectivity index (χ4n) is 2.66. The van der Waals surface area contributed by atoms with Crippen LogP contribution in [0.1, 0.15) is 31.2 Å². The maximum Gasteiger partial charge on any atom is 0.137 e. The molecule has 1 aliphatic heterocycles. The van der Waals surface area contributed by atoms with Crippen LogP contribution >= 0.6 is 15.9 Å². The molecule has 2 N–H and O–H groups in total. The average molecular weight is 315 g/mol. The summed E-state index contributed by atoms with van der Waals surface area (Å²) in [5.74, 6) is -0.198. The zero-order valence-electron chi connectivity index (χ0n) is 10.5. The molecule has 0 aromatic heterocycles. The highest BCUT2D eigenvalue weighted by Gasteiger charge is 2.21. The SMILES string of the molecule is NCCC1CCCCN1Cc1ccc(F)c(Br)c1. The maximum atomic E-state index is 13.2. The Morgan fingerprint density at radius 3 is 2.94 bits per heavy atom. The van der Waals surface area contributed by atoms with Crippen molar-refractivity contribution in [1.82, 2.24) is 4.90 Å². The lowest BCUT2D eigenvalue weighted by Crippen LogP contribution is -2.40. The summed E-state index contributed by atoms with van der Waals surface area (Å²) in [7, 11) is 0. The van der Waals surface area contributed by atoms with Crippen molar-refractivity contribution < 1.29 is 4.39 Å². The van der Waals surface area contributed by atoms with E-state index in [0.717, 1.165) is 31.6 Å². The Hall–Kier alpha value is -0.450.